The molecule has 6 heavy (non-hydrogen) atoms. The van der Waals surface area contributed by atoms with Gasteiger partial charge < -0.3 is 10.1 Å². The molecule has 0 rings (SSSR count). The molecule has 0 unspecified atom stereocenters. The molecule has 0 aromatic heterocycles. The van der Waals surface area contributed by atoms with Crippen molar-refractivity contribution in [3.63, 3.8) is 0 Å². The van der Waals surface area contributed by atoms with Crippen molar-refractivity contribution in [3.05, 3.63) is 12.7 Å². The third-order valence-electron chi connectivity index (χ3n) is 0.186. The molecule has 0 aromatic rings. The van der Waals surface area contributed by atoms with Crippen LogP contribution >= 0.6 is 0 Å². The summed E-state index contributed by atoms with van der Waals surface area (Å²) in [6.45, 7) is 3.32. The molecule has 0 aliphatic rings. The van der Waals surface area contributed by atoms with E-state index in [9.17, 15) is 0 Å². The maximum absolute atomic E-state index is 8.96. The van der Waals surface area contributed by atoms with Gasteiger partial charge in [-0.1, -0.05) is 6.08 Å². The van der Waals surface area contributed by atoms with E-state index in [1.807, 2.05) is 0 Å². The molecule has 0 bridgehead atoms. The average Bonchev–Trinajstić information content (AvgIpc) is 1.41. The van der Waals surface area contributed by atoms with Crippen molar-refractivity contribution < 1.29 is 61.5 Å². The summed E-state index contributed by atoms with van der Waals surface area (Å²) in [5.74, 6) is 0. The van der Waals surface area contributed by atoms with E-state index in [1.165, 1.54) is 6.08 Å². The van der Waals surface area contributed by atoms with Crippen LogP contribution in [0.1, 0.15) is 0 Å². The summed E-state index contributed by atoms with van der Waals surface area (Å²) in [5, 5.41) is 8.96. The Balaban J connectivity index is 0. The van der Waals surface area contributed by atoms with Gasteiger partial charge in [-0.3, -0.25) is 0 Å². The Morgan fingerprint density at radius 3 is 2.33 bits per heavy atom. The standard InChI is InChI=1S/C3H6O2.K/c1-2-3-5-4;/h2,4H,1,3H2;/q;+1/p-1. The van der Waals surface area contributed by atoms with Crippen molar-refractivity contribution in [3.8, 4) is 0 Å². The first kappa shape index (κ1) is 10.3. The second-order valence-corrected chi connectivity index (χ2v) is 0.573. The molecule has 0 saturated carbocycles. The van der Waals surface area contributed by atoms with Gasteiger partial charge in [-0.2, -0.15) is 0 Å². The zero-order chi connectivity index (χ0) is 4.12. The minimum Gasteiger partial charge on any atom is -0.723 e. The summed E-state index contributed by atoms with van der Waals surface area (Å²) in [6, 6.07) is 0. The first-order valence-corrected chi connectivity index (χ1v) is 1.27. The Hall–Kier alpha value is 1.30. The van der Waals surface area contributed by atoms with Gasteiger partial charge in [0.1, 0.15) is 0 Å². The van der Waals surface area contributed by atoms with Crippen LogP contribution < -0.4 is 56.6 Å². The van der Waals surface area contributed by atoms with E-state index in [2.05, 4.69) is 11.5 Å². The quantitative estimate of drug-likeness (QED) is 0.160. The van der Waals surface area contributed by atoms with E-state index in [4.69, 9.17) is 5.26 Å². The van der Waals surface area contributed by atoms with Crippen molar-refractivity contribution in [1.82, 2.24) is 0 Å². The summed E-state index contributed by atoms with van der Waals surface area (Å²) in [4.78, 5) is 3.32. The second kappa shape index (κ2) is 9.57. The molecule has 0 atom stereocenters. The van der Waals surface area contributed by atoms with Gasteiger partial charge in [0.25, 0.3) is 0 Å². The Morgan fingerprint density at radius 2 is 2.33 bits per heavy atom. The monoisotopic (exact) mass is 112 g/mol. The zero-order valence-corrected chi connectivity index (χ0v) is 6.93. The minimum absolute atomic E-state index is 0. The van der Waals surface area contributed by atoms with Gasteiger partial charge in [0, 0.05) is 0 Å². The number of hydrogen-bond acceptors (Lipinski definition) is 2. The van der Waals surface area contributed by atoms with Crippen LogP contribution in [0, 0.1) is 0 Å². The van der Waals surface area contributed by atoms with Gasteiger partial charge >= 0.3 is 51.4 Å². The molecule has 0 saturated heterocycles. The molecule has 3 heteroatoms. The van der Waals surface area contributed by atoms with Crippen molar-refractivity contribution in [1.29, 1.82) is 0 Å². The predicted octanol–water partition coefficient (Wildman–Crippen LogP) is -3.53. The van der Waals surface area contributed by atoms with E-state index in [-0.39, 0.29) is 58.0 Å². The second-order valence-electron chi connectivity index (χ2n) is 0.573. The average molecular weight is 112 g/mol. The molecule has 0 spiro atoms. The van der Waals surface area contributed by atoms with Crippen LogP contribution in [0.15, 0.2) is 12.7 Å². The molecule has 0 N–H and O–H groups in total. The summed E-state index contributed by atoms with van der Waals surface area (Å²) in [6.07, 6.45) is 1.40. The van der Waals surface area contributed by atoms with Crippen LogP contribution in [0.3, 0.4) is 0 Å². The fourth-order valence-corrected chi connectivity index (χ4v) is 0.0481. The molecule has 2 nitrogen and oxygen atoms in total. The molecule has 0 heterocycles. The smallest absolute Gasteiger partial charge is 0.723 e. The predicted molar refractivity (Wildman–Crippen MR) is 16.1 cm³/mol. The van der Waals surface area contributed by atoms with Crippen molar-refractivity contribution in [2.24, 2.45) is 0 Å². The molecule has 0 fully saturated rings. The van der Waals surface area contributed by atoms with Gasteiger partial charge in [0.15, 0.2) is 0 Å². The van der Waals surface area contributed by atoms with Crippen LogP contribution in [-0.2, 0) is 4.89 Å². The van der Waals surface area contributed by atoms with E-state index in [1.54, 1.807) is 0 Å². The van der Waals surface area contributed by atoms with Gasteiger partial charge in [-0.05, 0) is 0 Å². The summed E-state index contributed by atoms with van der Waals surface area (Å²) in [7, 11) is 0. The topological polar surface area (TPSA) is 32.3 Å². The maximum Gasteiger partial charge on any atom is 1.00 e. The molecular formula is C3H5KO2. The van der Waals surface area contributed by atoms with Crippen LogP contribution in [0.2, 0.25) is 0 Å². The molecule has 0 radical (unpaired) electrons. The first-order chi connectivity index (χ1) is 2.41. The van der Waals surface area contributed by atoms with E-state index in [0.717, 1.165) is 0 Å². The molecule has 0 amide bonds. The van der Waals surface area contributed by atoms with E-state index < -0.39 is 0 Å². The third kappa shape index (κ3) is 9.00. The van der Waals surface area contributed by atoms with E-state index in [0.29, 0.717) is 0 Å². The summed E-state index contributed by atoms with van der Waals surface area (Å²) < 4.78 is 0. The van der Waals surface area contributed by atoms with Gasteiger partial charge in [0.2, 0.25) is 0 Å². The maximum atomic E-state index is 8.96. The largest absolute Gasteiger partial charge is 1.00 e. The Labute approximate surface area is 79.5 Å². The minimum atomic E-state index is 0. The summed E-state index contributed by atoms with van der Waals surface area (Å²) >= 11 is 0. The van der Waals surface area contributed by atoms with E-state index >= 15 is 0 Å². The first-order valence-electron chi connectivity index (χ1n) is 1.27. The summed E-state index contributed by atoms with van der Waals surface area (Å²) in [5.41, 5.74) is 0. The molecule has 0 aliphatic carbocycles. The number of hydrogen-bond donors (Lipinski definition) is 0. The fraction of sp³-hybridized carbons (Fsp3) is 0.333. The number of rotatable bonds is 2. The van der Waals surface area contributed by atoms with Gasteiger partial charge in [0.05, 0.1) is 6.61 Å². The van der Waals surface area contributed by atoms with Crippen LogP contribution in [0.25, 0.3) is 0 Å². The van der Waals surface area contributed by atoms with Gasteiger partial charge in [-0.15, -0.1) is 6.58 Å². The zero-order valence-electron chi connectivity index (χ0n) is 3.81. The van der Waals surface area contributed by atoms with Crippen molar-refractivity contribution >= 4 is 0 Å². The van der Waals surface area contributed by atoms with Gasteiger partial charge in [-0.25, -0.2) is 0 Å². The molecule has 0 aromatic carbocycles. The normalized spacial score (nSPS) is 6.17. The van der Waals surface area contributed by atoms with Crippen LogP contribution in [-0.4, -0.2) is 6.61 Å². The Bertz CT molecular complexity index is 30.0. The Kier molecular flexibility index (Phi) is 16.4. The SMILES string of the molecule is C=CCO[O-].[K+]. The molecule has 0 aliphatic heterocycles. The van der Waals surface area contributed by atoms with Crippen molar-refractivity contribution in [2.45, 2.75) is 0 Å². The third-order valence-corrected chi connectivity index (χ3v) is 0.186. The van der Waals surface area contributed by atoms with Crippen molar-refractivity contribution in [2.75, 3.05) is 6.61 Å². The van der Waals surface area contributed by atoms with Crippen LogP contribution in [0.5, 0.6) is 0 Å². The van der Waals surface area contributed by atoms with Crippen LogP contribution in [0.4, 0.5) is 0 Å². The Morgan fingerprint density at radius 1 is 1.83 bits per heavy atom. The fourth-order valence-electron chi connectivity index (χ4n) is 0.0481. The molecular weight excluding hydrogens is 107 g/mol. The molecule has 30 valence electrons.